The number of carbonyl (C=O) groups excluding carboxylic acids is 1. The highest BCUT2D eigenvalue weighted by Gasteiger charge is 2.25. The summed E-state index contributed by atoms with van der Waals surface area (Å²) in [5.41, 5.74) is 1.07. The van der Waals surface area contributed by atoms with Gasteiger partial charge in [-0.25, -0.2) is 4.98 Å². The van der Waals surface area contributed by atoms with Gasteiger partial charge in [0.2, 0.25) is 5.91 Å². The molecule has 0 aliphatic carbocycles. The van der Waals surface area contributed by atoms with E-state index < -0.39 is 0 Å². The maximum atomic E-state index is 12.2. The molecule has 24 heavy (non-hydrogen) atoms. The van der Waals surface area contributed by atoms with Crippen LogP contribution in [-0.4, -0.2) is 26.8 Å². The van der Waals surface area contributed by atoms with E-state index in [1.807, 2.05) is 6.07 Å². The average molecular weight is 411 g/mol. The molecule has 2 aromatic heterocycles. The van der Waals surface area contributed by atoms with Crippen molar-refractivity contribution >= 4 is 39.2 Å². The Kier molecular flexibility index (Phi) is 5.57. The van der Waals surface area contributed by atoms with E-state index in [1.54, 1.807) is 30.1 Å². The highest BCUT2D eigenvalue weighted by Crippen LogP contribution is 2.18. The van der Waals surface area contributed by atoms with Crippen LogP contribution in [0.15, 0.2) is 33.7 Å². The number of aromatic nitrogens is 2. The second kappa shape index (κ2) is 7.67. The van der Waals surface area contributed by atoms with Crippen molar-refractivity contribution in [2.45, 2.75) is 43.5 Å². The molecule has 0 spiro atoms. The van der Waals surface area contributed by atoms with E-state index in [1.165, 1.54) is 4.40 Å². The molecule has 2 unspecified atom stereocenters. The number of thioether (sulfide) groups is 1. The first kappa shape index (κ1) is 17.4. The topological polar surface area (TPSA) is 75.5 Å². The predicted octanol–water partition coefficient (Wildman–Crippen LogP) is 2.25. The zero-order chi connectivity index (χ0) is 17.1. The number of hydrogen-bond donors (Lipinski definition) is 2. The van der Waals surface area contributed by atoms with Crippen molar-refractivity contribution in [2.75, 3.05) is 0 Å². The molecule has 0 saturated carbocycles. The van der Waals surface area contributed by atoms with Crippen LogP contribution in [0.1, 0.15) is 31.9 Å². The highest BCUT2D eigenvalue weighted by atomic mass is 79.9. The van der Waals surface area contributed by atoms with Crippen LogP contribution >= 0.6 is 27.7 Å². The first-order valence-electron chi connectivity index (χ1n) is 7.90. The van der Waals surface area contributed by atoms with Crippen molar-refractivity contribution in [3.63, 3.8) is 0 Å². The van der Waals surface area contributed by atoms with Crippen LogP contribution in [0.25, 0.3) is 5.65 Å². The molecule has 1 fully saturated rings. The number of halogens is 1. The zero-order valence-electron chi connectivity index (χ0n) is 13.3. The van der Waals surface area contributed by atoms with Gasteiger partial charge in [-0.15, -0.1) is 11.8 Å². The van der Waals surface area contributed by atoms with Crippen LogP contribution in [0.5, 0.6) is 0 Å². The number of nitrogens with zero attached hydrogens (tertiary/aromatic N) is 2. The van der Waals surface area contributed by atoms with Crippen molar-refractivity contribution in [2.24, 2.45) is 0 Å². The summed E-state index contributed by atoms with van der Waals surface area (Å²) < 4.78 is 2.34. The quantitative estimate of drug-likeness (QED) is 0.790. The lowest BCUT2D eigenvalue weighted by Crippen LogP contribution is -2.54. The lowest BCUT2D eigenvalue weighted by molar-refractivity contribution is -0.123. The summed E-state index contributed by atoms with van der Waals surface area (Å²) >= 11 is 4.89. The number of fused-ring (bicyclic) bond motifs is 1. The van der Waals surface area contributed by atoms with Crippen LogP contribution in [0.2, 0.25) is 0 Å². The van der Waals surface area contributed by atoms with E-state index in [4.69, 9.17) is 0 Å². The molecule has 2 atom stereocenters. The van der Waals surface area contributed by atoms with Crippen molar-refractivity contribution in [3.8, 4) is 0 Å². The van der Waals surface area contributed by atoms with Crippen LogP contribution in [-0.2, 0) is 10.5 Å². The molecule has 8 heteroatoms. The summed E-state index contributed by atoms with van der Waals surface area (Å²) in [6, 6.07) is 5.42. The van der Waals surface area contributed by atoms with Gasteiger partial charge in [-0.05, 0) is 34.5 Å². The number of hydrogen-bond acceptors (Lipinski definition) is 5. The number of rotatable bonds is 5. The fourth-order valence-electron chi connectivity index (χ4n) is 2.74. The summed E-state index contributed by atoms with van der Waals surface area (Å²) in [5.74, 6) is 0.625. The van der Waals surface area contributed by atoms with Crippen molar-refractivity contribution < 1.29 is 4.79 Å². The molecule has 3 heterocycles. The Balaban J connectivity index is 1.70. The van der Waals surface area contributed by atoms with E-state index in [-0.39, 0.29) is 23.0 Å². The SMILES string of the molecule is CCCC1CC(=O)NC(SCc2cc(=O)n3cc(Br)ccc3n2)N1. The monoisotopic (exact) mass is 410 g/mol. The molecule has 1 saturated heterocycles. The standard InChI is InChI=1S/C16H19BrN4O2S/c1-2-3-11-6-14(22)20-16(19-11)24-9-12-7-15(23)21-8-10(17)4-5-13(21)18-12/h4-5,7-8,11,16,19H,2-3,6,9H2,1H3,(H,20,22). The molecule has 6 nitrogen and oxygen atoms in total. The smallest absolute Gasteiger partial charge is 0.258 e. The Morgan fingerprint density at radius 3 is 3.04 bits per heavy atom. The van der Waals surface area contributed by atoms with Gasteiger partial charge in [0.25, 0.3) is 5.56 Å². The number of nitrogens with one attached hydrogen (secondary N) is 2. The number of pyridine rings is 1. The summed E-state index contributed by atoms with van der Waals surface area (Å²) in [4.78, 5) is 28.5. The molecule has 0 aromatic carbocycles. The normalized spacial score (nSPS) is 21.0. The molecular formula is C16H19BrN4O2S. The zero-order valence-corrected chi connectivity index (χ0v) is 15.7. The molecule has 0 bridgehead atoms. The van der Waals surface area contributed by atoms with Crippen LogP contribution in [0.4, 0.5) is 0 Å². The van der Waals surface area contributed by atoms with Crippen molar-refractivity contribution in [1.29, 1.82) is 0 Å². The Bertz CT molecular complexity index is 810. The van der Waals surface area contributed by atoms with Crippen molar-refractivity contribution in [1.82, 2.24) is 20.0 Å². The van der Waals surface area contributed by atoms with Crippen LogP contribution in [0, 0.1) is 0 Å². The van der Waals surface area contributed by atoms with Gasteiger partial charge in [-0.2, -0.15) is 0 Å². The maximum Gasteiger partial charge on any atom is 0.258 e. The fraction of sp³-hybridized carbons (Fsp3) is 0.438. The van der Waals surface area contributed by atoms with Gasteiger partial charge in [0.1, 0.15) is 11.1 Å². The Hall–Kier alpha value is -1.38. The number of amides is 1. The van der Waals surface area contributed by atoms with E-state index in [0.29, 0.717) is 23.5 Å². The molecule has 2 aromatic rings. The first-order chi connectivity index (χ1) is 11.5. The van der Waals surface area contributed by atoms with Crippen molar-refractivity contribution in [3.05, 3.63) is 44.9 Å². The van der Waals surface area contributed by atoms with Gasteiger partial charge in [0, 0.05) is 35.0 Å². The fourth-order valence-corrected chi connectivity index (χ4v) is 4.06. The van der Waals surface area contributed by atoms with Gasteiger partial charge >= 0.3 is 0 Å². The summed E-state index contributed by atoms with van der Waals surface area (Å²) in [5, 5.41) is 6.36. The van der Waals surface area contributed by atoms with Gasteiger partial charge in [0.15, 0.2) is 0 Å². The second-order valence-corrected chi connectivity index (χ2v) is 7.79. The third-order valence-electron chi connectivity index (χ3n) is 3.82. The minimum Gasteiger partial charge on any atom is -0.332 e. The summed E-state index contributed by atoms with van der Waals surface area (Å²) in [7, 11) is 0. The van der Waals surface area contributed by atoms with Crippen LogP contribution in [0.3, 0.4) is 0 Å². The van der Waals surface area contributed by atoms with Gasteiger partial charge in [0.05, 0.1) is 5.69 Å². The van der Waals surface area contributed by atoms with E-state index in [2.05, 4.69) is 38.5 Å². The van der Waals surface area contributed by atoms with Gasteiger partial charge in [-0.1, -0.05) is 13.3 Å². The predicted molar refractivity (Wildman–Crippen MR) is 98.8 cm³/mol. The Labute approximate surface area is 152 Å². The molecule has 1 aliphatic heterocycles. The largest absolute Gasteiger partial charge is 0.332 e. The number of carbonyl (C=O) groups is 1. The van der Waals surface area contributed by atoms with Crippen LogP contribution < -0.4 is 16.2 Å². The Morgan fingerprint density at radius 1 is 1.42 bits per heavy atom. The average Bonchev–Trinajstić information content (AvgIpc) is 2.53. The molecule has 3 rings (SSSR count). The molecule has 128 valence electrons. The first-order valence-corrected chi connectivity index (χ1v) is 9.74. The minimum absolute atomic E-state index is 0.0705. The molecule has 1 aliphatic rings. The molecular weight excluding hydrogens is 392 g/mol. The van der Waals surface area contributed by atoms with E-state index in [0.717, 1.165) is 17.3 Å². The highest BCUT2D eigenvalue weighted by molar-refractivity contribution is 9.10. The van der Waals surface area contributed by atoms with E-state index in [9.17, 15) is 9.59 Å². The second-order valence-electron chi connectivity index (χ2n) is 5.78. The third kappa shape index (κ3) is 4.17. The third-order valence-corrected chi connectivity index (χ3v) is 5.34. The molecule has 1 amide bonds. The summed E-state index contributed by atoms with van der Waals surface area (Å²) in [6.45, 7) is 2.11. The lowest BCUT2D eigenvalue weighted by atomic mass is 10.1. The van der Waals surface area contributed by atoms with Gasteiger partial charge in [-0.3, -0.25) is 19.3 Å². The Morgan fingerprint density at radius 2 is 2.25 bits per heavy atom. The molecule has 2 N–H and O–H groups in total. The minimum atomic E-state index is -0.145. The lowest BCUT2D eigenvalue weighted by Gasteiger charge is -2.31. The van der Waals surface area contributed by atoms with E-state index >= 15 is 0 Å². The maximum absolute atomic E-state index is 12.2. The summed E-state index contributed by atoms with van der Waals surface area (Å²) in [6.07, 6.45) is 4.25. The molecule has 0 radical (unpaired) electrons. The van der Waals surface area contributed by atoms with Gasteiger partial charge < -0.3 is 5.32 Å².